The zero-order chi connectivity index (χ0) is 27.0. The monoisotopic (exact) mass is 528 g/mol. The summed E-state index contributed by atoms with van der Waals surface area (Å²) in [6.45, 7) is 1.42. The number of aromatic nitrogens is 2. The van der Waals surface area contributed by atoms with Crippen LogP contribution in [0.25, 0.3) is 16.7 Å². The first kappa shape index (κ1) is 25.4. The van der Waals surface area contributed by atoms with Gasteiger partial charge in [-0.1, -0.05) is 0 Å². The Morgan fingerprint density at radius 2 is 1.95 bits per heavy atom. The highest BCUT2D eigenvalue weighted by Crippen LogP contribution is 2.35. The van der Waals surface area contributed by atoms with Gasteiger partial charge in [-0.2, -0.15) is 13.2 Å². The number of carbonyl (C=O) groups excluding carboxylic acids is 1. The van der Waals surface area contributed by atoms with Gasteiger partial charge in [0.1, 0.15) is 23.3 Å². The van der Waals surface area contributed by atoms with Gasteiger partial charge in [-0.05, 0) is 55.7 Å². The number of nitrogens with zero attached hydrogens (tertiary/aromatic N) is 2. The van der Waals surface area contributed by atoms with Crippen LogP contribution in [0.4, 0.5) is 23.2 Å². The molecule has 1 aromatic heterocycles. The Kier molecular flexibility index (Phi) is 6.60. The minimum atomic E-state index is -4.35. The molecule has 1 amide bonds. The second-order valence-electron chi connectivity index (χ2n) is 9.21. The summed E-state index contributed by atoms with van der Waals surface area (Å²) in [7, 11) is 0. The standard InChI is InChI=1S/C27H24F4N4O3/c1-15-10-17(4-6-20(15)26(37)34-16-2-3-16)35-14-33-25-22(32-9-8-27(29,30)31)12-19(13-23(25)35)38-24-7-5-18(36)11-21(24)28/h4-7,10-14,16,32,36H,2-3,8-9H2,1H3,(H,34,37). The van der Waals surface area contributed by atoms with Crippen LogP contribution >= 0.6 is 0 Å². The van der Waals surface area contributed by atoms with Crippen LogP contribution in [0, 0.1) is 12.7 Å². The molecule has 1 aliphatic rings. The summed E-state index contributed by atoms with van der Waals surface area (Å²) in [6.07, 6.45) is -1.94. The van der Waals surface area contributed by atoms with E-state index in [9.17, 15) is 27.5 Å². The van der Waals surface area contributed by atoms with Crippen molar-refractivity contribution in [3.05, 3.63) is 71.8 Å². The molecular formula is C27H24F4N4O3. The minimum absolute atomic E-state index is 0.144. The van der Waals surface area contributed by atoms with Crippen molar-refractivity contribution in [1.82, 2.24) is 14.9 Å². The Morgan fingerprint density at radius 3 is 2.63 bits per heavy atom. The molecular weight excluding hydrogens is 504 g/mol. The molecule has 1 heterocycles. The number of alkyl halides is 3. The first-order chi connectivity index (χ1) is 18.1. The van der Waals surface area contributed by atoms with E-state index >= 15 is 0 Å². The van der Waals surface area contributed by atoms with Gasteiger partial charge in [-0.15, -0.1) is 0 Å². The van der Waals surface area contributed by atoms with E-state index in [0.29, 0.717) is 22.3 Å². The normalized spacial score (nSPS) is 13.5. The molecule has 7 nitrogen and oxygen atoms in total. The van der Waals surface area contributed by atoms with Crippen LogP contribution in [-0.2, 0) is 0 Å². The molecule has 198 valence electrons. The van der Waals surface area contributed by atoms with Crippen molar-refractivity contribution in [1.29, 1.82) is 0 Å². The second kappa shape index (κ2) is 9.88. The third-order valence-corrected chi connectivity index (χ3v) is 6.14. The van der Waals surface area contributed by atoms with E-state index in [4.69, 9.17) is 4.74 Å². The van der Waals surface area contributed by atoms with Gasteiger partial charge in [-0.3, -0.25) is 9.36 Å². The molecule has 1 aliphatic carbocycles. The van der Waals surface area contributed by atoms with Crippen LogP contribution in [0.1, 0.15) is 35.2 Å². The molecule has 0 bridgehead atoms. The summed E-state index contributed by atoms with van der Waals surface area (Å²) in [4.78, 5) is 16.9. The van der Waals surface area contributed by atoms with E-state index in [0.717, 1.165) is 24.5 Å². The number of phenolic OH excluding ortho intramolecular Hbond substituents is 1. The lowest BCUT2D eigenvalue weighted by molar-refractivity contribution is -0.131. The van der Waals surface area contributed by atoms with E-state index in [-0.39, 0.29) is 34.9 Å². The Balaban J connectivity index is 1.52. The van der Waals surface area contributed by atoms with Gasteiger partial charge in [0, 0.05) is 42.0 Å². The number of amides is 1. The topological polar surface area (TPSA) is 88.4 Å². The van der Waals surface area contributed by atoms with Crippen molar-refractivity contribution in [3.63, 3.8) is 0 Å². The lowest BCUT2D eigenvalue weighted by Crippen LogP contribution is -2.26. The average molecular weight is 529 g/mol. The predicted octanol–water partition coefficient (Wildman–Crippen LogP) is 6.23. The van der Waals surface area contributed by atoms with Gasteiger partial charge in [-0.25, -0.2) is 9.37 Å². The summed E-state index contributed by atoms with van der Waals surface area (Å²) < 4.78 is 60.0. The number of imidazole rings is 1. The molecule has 5 rings (SSSR count). The molecule has 1 fully saturated rings. The van der Waals surface area contributed by atoms with Crippen molar-refractivity contribution in [2.45, 2.75) is 38.4 Å². The largest absolute Gasteiger partial charge is 0.508 e. The third-order valence-electron chi connectivity index (χ3n) is 6.14. The zero-order valence-corrected chi connectivity index (χ0v) is 20.3. The number of hydrogen-bond acceptors (Lipinski definition) is 5. The maximum absolute atomic E-state index is 14.3. The highest BCUT2D eigenvalue weighted by molar-refractivity contribution is 5.96. The maximum Gasteiger partial charge on any atom is 0.390 e. The highest BCUT2D eigenvalue weighted by atomic mass is 19.4. The molecule has 0 unspecified atom stereocenters. The zero-order valence-electron chi connectivity index (χ0n) is 20.3. The van der Waals surface area contributed by atoms with Crippen LogP contribution in [0.2, 0.25) is 0 Å². The van der Waals surface area contributed by atoms with E-state index in [1.165, 1.54) is 24.5 Å². The van der Waals surface area contributed by atoms with Crippen molar-refractivity contribution in [2.75, 3.05) is 11.9 Å². The summed E-state index contributed by atoms with van der Waals surface area (Å²) in [5.41, 5.74) is 3.11. The molecule has 0 saturated heterocycles. The fourth-order valence-electron chi connectivity index (χ4n) is 4.07. The van der Waals surface area contributed by atoms with E-state index < -0.39 is 25.0 Å². The van der Waals surface area contributed by atoms with Gasteiger partial charge in [0.2, 0.25) is 0 Å². The molecule has 38 heavy (non-hydrogen) atoms. The molecule has 3 N–H and O–H groups in total. The number of fused-ring (bicyclic) bond motifs is 1. The Bertz CT molecular complexity index is 1510. The lowest BCUT2D eigenvalue weighted by atomic mass is 10.1. The number of nitrogens with one attached hydrogen (secondary N) is 2. The first-order valence-corrected chi connectivity index (χ1v) is 12.0. The SMILES string of the molecule is Cc1cc(-n2cnc3c(NCCC(F)(F)F)cc(Oc4ccc(O)cc4F)cc32)ccc1C(=O)NC1CC1. The van der Waals surface area contributed by atoms with Crippen LogP contribution in [0.5, 0.6) is 17.2 Å². The molecule has 0 atom stereocenters. The number of benzene rings is 3. The molecule has 1 saturated carbocycles. The number of rotatable bonds is 8. The molecule has 4 aromatic rings. The summed E-state index contributed by atoms with van der Waals surface area (Å²) in [6, 6.07) is 11.9. The van der Waals surface area contributed by atoms with Gasteiger partial charge in [0.25, 0.3) is 5.91 Å². The number of carbonyl (C=O) groups is 1. The summed E-state index contributed by atoms with van der Waals surface area (Å²) >= 11 is 0. The van der Waals surface area contributed by atoms with Gasteiger partial charge in [0.05, 0.1) is 17.6 Å². The van der Waals surface area contributed by atoms with Crippen LogP contribution in [0.3, 0.4) is 0 Å². The number of phenols is 1. The van der Waals surface area contributed by atoms with Crippen LogP contribution in [-0.4, -0.2) is 39.3 Å². The van der Waals surface area contributed by atoms with E-state index in [1.54, 1.807) is 22.8 Å². The van der Waals surface area contributed by atoms with Gasteiger partial charge < -0.3 is 20.5 Å². The fourth-order valence-corrected chi connectivity index (χ4v) is 4.07. The number of halogens is 4. The predicted molar refractivity (Wildman–Crippen MR) is 134 cm³/mol. The molecule has 3 aromatic carbocycles. The maximum atomic E-state index is 14.3. The molecule has 11 heteroatoms. The average Bonchev–Trinajstić information content (AvgIpc) is 3.55. The quantitative estimate of drug-likeness (QED) is 0.236. The fraction of sp³-hybridized carbons (Fsp3) is 0.259. The number of aromatic hydroxyl groups is 1. The number of anilines is 1. The Morgan fingerprint density at radius 1 is 1.16 bits per heavy atom. The second-order valence-corrected chi connectivity index (χ2v) is 9.21. The number of aryl methyl sites for hydroxylation is 1. The number of ether oxygens (including phenoxy) is 1. The van der Waals surface area contributed by atoms with Crippen molar-refractivity contribution in [3.8, 4) is 22.9 Å². The molecule has 0 spiro atoms. The van der Waals surface area contributed by atoms with Gasteiger partial charge in [0.15, 0.2) is 11.6 Å². The minimum Gasteiger partial charge on any atom is -0.508 e. The highest BCUT2D eigenvalue weighted by Gasteiger charge is 2.27. The van der Waals surface area contributed by atoms with Crippen molar-refractivity contribution >= 4 is 22.6 Å². The van der Waals surface area contributed by atoms with E-state index in [1.807, 2.05) is 13.0 Å². The molecule has 0 aliphatic heterocycles. The van der Waals surface area contributed by atoms with Crippen LogP contribution < -0.4 is 15.4 Å². The summed E-state index contributed by atoms with van der Waals surface area (Å²) in [5.74, 6) is -1.25. The number of hydrogen-bond donors (Lipinski definition) is 3. The van der Waals surface area contributed by atoms with Crippen molar-refractivity contribution in [2.24, 2.45) is 0 Å². The summed E-state index contributed by atoms with van der Waals surface area (Å²) in [5, 5.41) is 15.2. The third kappa shape index (κ3) is 5.66. The van der Waals surface area contributed by atoms with Gasteiger partial charge >= 0.3 is 6.18 Å². The Hall–Kier alpha value is -4.28. The smallest absolute Gasteiger partial charge is 0.390 e. The Labute approximate surface area is 215 Å². The first-order valence-electron chi connectivity index (χ1n) is 12.0. The molecule has 0 radical (unpaired) electrons. The van der Waals surface area contributed by atoms with Crippen LogP contribution in [0.15, 0.2) is 54.9 Å². The van der Waals surface area contributed by atoms with E-state index in [2.05, 4.69) is 15.6 Å². The van der Waals surface area contributed by atoms with Crippen molar-refractivity contribution < 1.29 is 32.2 Å². The lowest BCUT2D eigenvalue weighted by Gasteiger charge is -2.14.